The first kappa shape index (κ1) is 27.9. The molecule has 1 amide bonds. The van der Waals surface area contributed by atoms with Crippen LogP contribution in [-0.2, 0) is 20.9 Å². The maximum atomic E-state index is 13.3. The van der Waals surface area contributed by atoms with Gasteiger partial charge >= 0.3 is 5.97 Å². The van der Waals surface area contributed by atoms with Crippen molar-refractivity contribution < 1.29 is 14.3 Å². The van der Waals surface area contributed by atoms with E-state index in [1.54, 1.807) is 29.4 Å². The zero-order valence-corrected chi connectivity index (χ0v) is 23.1. The van der Waals surface area contributed by atoms with E-state index >= 15 is 0 Å². The number of ether oxygens (including phenoxy) is 1. The van der Waals surface area contributed by atoms with Crippen molar-refractivity contribution >= 4 is 52.1 Å². The van der Waals surface area contributed by atoms with Crippen molar-refractivity contribution in [1.82, 2.24) is 9.47 Å². The van der Waals surface area contributed by atoms with Crippen LogP contribution in [0.3, 0.4) is 0 Å². The molecule has 1 aromatic heterocycles. The normalized spacial score (nSPS) is 17.7. The molecule has 2 aliphatic heterocycles. The fourth-order valence-corrected chi connectivity index (χ4v) is 5.93. The van der Waals surface area contributed by atoms with Gasteiger partial charge in [0.05, 0.1) is 17.4 Å². The molecule has 0 bridgehead atoms. The number of amides is 1. The molecule has 1 aromatic rings. The number of thioether (sulfide) groups is 1. The van der Waals surface area contributed by atoms with Crippen LogP contribution in [0.25, 0.3) is 6.08 Å². The van der Waals surface area contributed by atoms with Gasteiger partial charge in [0.2, 0.25) is 0 Å². The lowest BCUT2D eigenvalue weighted by molar-refractivity contribution is -0.148. The van der Waals surface area contributed by atoms with Crippen LogP contribution in [0, 0.1) is 24.2 Å². The van der Waals surface area contributed by atoms with E-state index in [1.807, 2.05) is 6.92 Å². The number of nitriles is 1. The molecule has 0 aromatic carbocycles. The number of unbranched alkanes of at least 4 members (excludes halogenated alkanes) is 1. The zero-order chi connectivity index (χ0) is 26.4. The Hall–Kier alpha value is -2.64. The minimum absolute atomic E-state index is 0.0846. The third-order valence-electron chi connectivity index (χ3n) is 6.59. The van der Waals surface area contributed by atoms with Crippen molar-refractivity contribution in [3.8, 4) is 6.07 Å². The first-order chi connectivity index (χ1) is 17.3. The standard InChI is InChI=1S/C26H34N4O4S2/c1-5-8-12-30-24(32)21(36-26(30)35)15-19-17(4)20(16-27)23(31)29(11-6-2)22(19)28-13-9-18(10-14-28)25(33)34-7-3/h15,18H,5-14H2,1-4H3/b21-15-. The number of hydrogen-bond acceptors (Lipinski definition) is 8. The molecule has 2 saturated heterocycles. The Morgan fingerprint density at radius 3 is 2.47 bits per heavy atom. The molecule has 2 fully saturated rings. The number of rotatable bonds is 9. The third kappa shape index (κ3) is 5.68. The summed E-state index contributed by atoms with van der Waals surface area (Å²) < 4.78 is 7.39. The van der Waals surface area contributed by atoms with Crippen LogP contribution < -0.4 is 10.5 Å². The Morgan fingerprint density at radius 2 is 1.89 bits per heavy atom. The van der Waals surface area contributed by atoms with E-state index in [4.69, 9.17) is 17.0 Å². The summed E-state index contributed by atoms with van der Waals surface area (Å²) in [5.74, 6) is 0.191. The van der Waals surface area contributed by atoms with E-state index in [-0.39, 0.29) is 28.9 Å². The van der Waals surface area contributed by atoms with Crippen LogP contribution >= 0.6 is 24.0 Å². The van der Waals surface area contributed by atoms with E-state index in [0.29, 0.717) is 78.2 Å². The van der Waals surface area contributed by atoms with Crippen molar-refractivity contribution in [2.75, 3.05) is 31.1 Å². The Labute approximate surface area is 222 Å². The minimum atomic E-state index is -0.327. The lowest BCUT2D eigenvalue weighted by Crippen LogP contribution is -2.41. The second-order valence-electron chi connectivity index (χ2n) is 9.01. The van der Waals surface area contributed by atoms with E-state index in [9.17, 15) is 19.6 Å². The average molecular weight is 531 g/mol. The summed E-state index contributed by atoms with van der Waals surface area (Å²) in [5, 5.41) is 9.81. The molecule has 3 rings (SSSR count). The van der Waals surface area contributed by atoms with Crippen LogP contribution in [0.2, 0.25) is 0 Å². The predicted molar refractivity (Wildman–Crippen MR) is 147 cm³/mol. The van der Waals surface area contributed by atoms with Crippen molar-refractivity contribution in [1.29, 1.82) is 5.26 Å². The summed E-state index contributed by atoms with van der Waals surface area (Å²) >= 11 is 6.73. The van der Waals surface area contributed by atoms with Gasteiger partial charge < -0.3 is 9.64 Å². The summed E-state index contributed by atoms with van der Waals surface area (Å²) in [4.78, 5) is 43.0. The summed E-state index contributed by atoms with van der Waals surface area (Å²) in [6, 6.07) is 2.08. The maximum absolute atomic E-state index is 13.3. The van der Waals surface area contributed by atoms with E-state index in [1.165, 1.54) is 11.8 Å². The number of nitrogens with zero attached hydrogens (tertiary/aromatic N) is 4. The van der Waals surface area contributed by atoms with Gasteiger partial charge in [0, 0.05) is 31.7 Å². The monoisotopic (exact) mass is 530 g/mol. The Kier molecular flexibility index (Phi) is 9.74. The smallest absolute Gasteiger partial charge is 0.309 e. The fourth-order valence-electron chi connectivity index (χ4n) is 4.64. The van der Waals surface area contributed by atoms with Gasteiger partial charge in [-0.1, -0.05) is 44.2 Å². The lowest BCUT2D eigenvalue weighted by Gasteiger charge is -2.35. The van der Waals surface area contributed by atoms with Gasteiger partial charge in [-0.15, -0.1) is 0 Å². The molecule has 0 saturated carbocycles. The maximum Gasteiger partial charge on any atom is 0.309 e. The molecule has 194 valence electrons. The second-order valence-corrected chi connectivity index (χ2v) is 10.7. The summed E-state index contributed by atoms with van der Waals surface area (Å²) in [5.41, 5.74) is 0.995. The van der Waals surface area contributed by atoms with Gasteiger partial charge in [-0.2, -0.15) is 5.26 Å². The number of carbonyl (C=O) groups excluding carboxylic acids is 2. The van der Waals surface area contributed by atoms with Crippen LogP contribution in [0.15, 0.2) is 9.70 Å². The molecule has 0 radical (unpaired) electrons. The molecule has 0 aliphatic carbocycles. The zero-order valence-electron chi connectivity index (χ0n) is 21.5. The first-order valence-electron chi connectivity index (χ1n) is 12.6. The minimum Gasteiger partial charge on any atom is -0.466 e. The number of anilines is 1. The largest absolute Gasteiger partial charge is 0.466 e. The summed E-state index contributed by atoms with van der Waals surface area (Å²) in [6.45, 7) is 10.1. The lowest BCUT2D eigenvalue weighted by atomic mass is 9.95. The van der Waals surface area contributed by atoms with Gasteiger partial charge in [0.1, 0.15) is 21.8 Å². The van der Waals surface area contributed by atoms with Crippen molar-refractivity contribution in [2.24, 2.45) is 5.92 Å². The second kappa shape index (κ2) is 12.5. The highest BCUT2D eigenvalue weighted by Gasteiger charge is 2.34. The van der Waals surface area contributed by atoms with Crippen LogP contribution in [0.4, 0.5) is 5.82 Å². The van der Waals surface area contributed by atoms with Crippen LogP contribution in [-0.4, -0.2) is 51.9 Å². The van der Waals surface area contributed by atoms with Crippen molar-refractivity contribution in [3.63, 3.8) is 0 Å². The molecule has 0 atom stereocenters. The highest BCUT2D eigenvalue weighted by atomic mass is 32.2. The number of esters is 1. The van der Waals surface area contributed by atoms with E-state index in [0.717, 1.165) is 12.8 Å². The molecule has 0 spiro atoms. The Balaban J connectivity index is 2.10. The van der Waals surface area contributed by atoms with Gasteiger partial charge in [0.15, 0.2) is 0 Å². The Bertz CT molecular complexity index is 1160. The third-order valence-corrected chi connectivity index (χ3v) is 7.97. The summed E-state index contributed by atoms with van der Waals surface area (Å²) in [7, 11) is 0. The van der Waals surface area contributed by atoms with Gasteiger partial charge in [0.25, 0.3) is 11.5 Å². The molecule has 2 aliphatic rings. The fraction of sp³-hybridized carbons (Fsp3) is 0.577. The number of aromatic nitrogens is 1. The van der Waals surface area contributed by atoms with Crippen molar-refractivity contribution in [2.45, 2.75) is 66.3 Å². The summed E-state index contributed by atoms with van der Waals surface area (Å²) in [6.07, 6.45) is 5.53. The van der Waals surface area contributed by atoms with E-state index in [2.05, 4.69) is 17.9 Å². The molecule has 0 unspecified atom stereocenters. The molecule has 36 heavy (non-hydrogen) atoms. The predicted octanol–water partition coefficient (Wildman–Crippen LogP) is 4.22. The van der Waals surface area contributed by atoms with Gasteiger partial charge in [-0.25, -0.2) is 0 Å². The van der Waals surface area contributed by atoms with Gasteiger partial charge in [-0.05, 0) is 51.2 Å². The van der Waals surface area contributed by atoms with E-state index < -0.39 is 0 Å². The Morgan fingerprint density at radius 1 is 1.19 bits per heavy atom. The average Bonchev–Trinajstić information content (AvgIpc) is 3.13. The number of thiocarbonyl (C=S) groups is 1. The van der Waals surface area contributed by atoms with Crippen LogP contribution in [0.1, 0.15) is 69.6 Å². The highest BCUT2D eigenvalue weighted by Crippen LogP contribution is 2.37. The molecule has 3 heterocycles. The highest BCUT2D eigenvalue weighted by molar-refractivity contribution is 8.26. The number of carbonyl (C=O) groups is 2. The van der Waals surface area contributed by atoms with Crippen LogP contribution in [0.5, 0.6) is 0 Å². The molecule has 0 N–H and O–H groups in total. The molecular weight excluding hydrogens is 496 g/mol. The quantitative estimate of drug-likeness (QED) is 0.266. The van der Waals surface area contributed by atoms with Gasteiger partial charge in [-0.3, -0.25) is 23.9 Å². The number of hydrogen-bond donors (Lipinski definition) is 0. The molecule has 8 nitrogen and oxygen atoms in total. The molecule has 10 heteroatoms. The SMILES string of the molecule is CCCCN1C(=O)/C(=C/c2c(C)c(C#N)c(=O)n(CCC)c2N2CCC(C(=O)OCC)CC2)SC1=S. The topological polar surface area (TPSA) is 95.6 Å². The number of piperidine rings is 1. The molecular formula is C26H34N4O4S2. The first-order valence-corrected chi connectivity index (χ1v) is 13.9. The van der Waals surface area contributed by atoms with Crippen molar-refractivity contribution in [3.05, 3.63) is 31.9 Å². The number of pyridine rings is 1.